The van der Waals surface area contributed by atoms with E-state index in [2.05, 4.69) is 33.7 Å². The van der Waals surface area contributed by atoms with Crippen molar-refractivity contribution in [2.24, 2.45) is 11.8 Å². The lowest BCUT2D eigenvalue weighted by Crippen LogP contribution is -2.39. The molecule has 2 fully saturated rings. The Morgan fingerprint density at radius 1 is 1.06 bits per heavy atom. The molecular weight excluding hydrogens is 226 g/mol. The first-order valence-corrected chi connectivity index (χ1v) is 6.90. The fourth-order valence-corrected chi connectivity index (χ4v) is 2.51. The summed E-state index contributed by atoms with van der Waals surface area (Å²) < 4.78 is 0. The van der Waals surface area contributed by atoms with Crippen LogP contribution < -0.4 is 10.6 Å². The lowest BCUT2D eigenvalue weighted by Gasteiger charge is -2.35. The van der Waals surface area contributed by atoms with Crippen molar-refractivity contribution in [1.29, 1.82) is 0 Å². The SMILES string of the molecule is CC1CCN(c2nc(N)nc(C3CC3)n2)CC1C. The largest absolute Gasteiger partial charge is 0.368 e. The fourth-order valence-electron chi connectivity index (χ4n) is 2.51. The molecule has 0 bridgehead atoms. The van der Waals surface area contributed by atoms with E-state index < -0.39 is 0 Å². The maximum absolute atomic E-state index is 5.80. The Morgan fingerprint density at radius 3 is 2.50 bits per heavy atom. The highest BCUT2D eigenvalue weighted by molar-refractivity contribution is 5.36. The van der Waals surface area contributed by atoms with Crippen LogP contribution in [0.2, 0.25) is 0 Å². The van der Waals surface area contributed by atoms with Gasteiger partial charge in [-0.2, -0.15) is 15.0 Å². The summed E-state index contributed by atoms with van der Waals surface area (Å²) in [7, 11) is 0. The molecule has 2 heterocycles. The van der Waals surface area contributed by atoms with Crippen molar-refractivity contribution >= 4 is 11.9 Å². The Hall–Kier alpha value is -1.39. The molecule has 0 spiro atoms. The summed E-state index contributed by atoms with van der Waals surface area (Å²) in [4.78, 5) is 15.4. The minimum absolute atomic E-state index is 0.369. The summed E-state index contributed by atoms with van der Waals surface area (Å²) in [6.45, 7) is 6.66. The Balaban J connectivity index is 1.82. The summed E-state index contributed by atoms with van der Waals surface area (Å²) in [5.74, 6) is 4.03. The van der Waals surface area contributed by atoms with Crippen molar-refractivity contribution in [3.8, 4) is 0 Å². The van der Waals surface area contributed by atoms with E-state index in [1.54, 1.807) is 0 Å². The number of nitrogens with two attached hydrogens (primary N) is 1. The molecule has 0 aromatic carbocycles. The molecule has 1 saturated heterocycles. The van der Waals surface area contributed by atoms with E-state index in [0.29, 0.717) is 17.8 Å². The van der Waals surface area contributed by atoms with Gasteiger partial charge >= 0.3 is 0 Å². The second kappa shape index (κ2) is 4.37. The standard InChI is InChI=1S/C13H21N5/c1-8-5-6-18(7-9(8)2)13-16-11(10-3-4-10)15-12(14)17-13/h8-10H,3-7H2,1-2H3,(H2,14,15,16,17). The molecule has 1 saturated carbocycles. The second-order valence-electron chi connectivity index (χ2n) is 5.82. The molecule has 3 rings (SSSR count). The molecule has 0 radical (unpaired) electrons. The van der Waals surface area contributed by atoms with Gasteiger partial charge < -0.3 is 10.6 Å². The molecule has 1 aliphatic heterocycles. The van der Waals surface area contributed by atoms with Gasteiger partial charge in [-0.3, -0.25) is 0 Å². The van der Waals surface area contributed by atoms with Gasteiger partial charge in [0.1, 0.15) is 5.82 Å². The van der Waals surface area contributed by atoms with Crippen LogP contribution in [0.4, 0.5) is 11.9 Å². The molecule has 2 aliphatic rings. The van der Waals surface area contributed by atoms with Crippen molar-refractivity contribution in [3.05, 3.63) is 5.82 Å². The van der Waals surface area contributed by atoms with Crippen molar-refractivity contribution in [2.75, 3.05) is 23.7 Å². The van der Waals surface area contributed by atoms with Crippen molar-refractivity contribution in [3.63, 3.8) is 0 Å². The highest BCUT2D eigenvalue weighted by atomic mass is 15.3. The number of hydrogen-bond acceptors (Lipinski definition) is 5. The fraction of sp³-hybridized carbons (Fsp3) is 0.769. The van der Waals surface area contributed by atoms with Gasteiger partial charge in [0.2, 0.25) is 11.9 Å². The molecule has 1 aromatic heterocycles. The molecule has 1 aliphatic carbocycles. The number of nitrogen functional groups attached to an aromatic ring is 1. The van der Waals surface area contributed by atoms with Crippen LogP contribution in [0.25, 0.3) is 0 Å². The summed E-state index contributed by atoms with van der Waals surface area (Å²) in [6, 6.07) is 0. The molecule has 98 valence electrons. The zero-order chi connectivity index (χ0) is 12.7. The van der Waals surface area contributed by atoms with E-state index >= 15 is 0 Å². The van der Waals surface area contributed by atoms with Gasteiger partial charge in [-0.1, -0.05) is 13.8 Å². The molecule has 2 atom stereocenters. The maximum Gasteiger partial charge on any atom is 0.230 e. The van der Waals surface area contributed by atoms with E-state index in [1.165, 1.54) is 19.3 Å². The van der Waals surface area contributed by atoms with Crippen LogP contribution in [0, 0.1) is 11.8 Å². The summed E-state index contributed by atoms with van der Waals surface area (Å²) in [5, 5.41) is 0. The molecule has 5 nitrogen and oxygen atoms in total. The highest BCUT2D eigenvalue weighted by Gasteiger charge is 2.29. The predicted molar refractivity (Wildman–Crippen MR) is 71.4 cm³/mol. The van der Waals surface area contributed by atoms with Gasteiger partial charge in [-0.05, 0) is 31.1 Å². The molecule has 1 aromatic rings. The van der Waals surface area contributed by atoms with Crippen LogP contribution in [0.15, 0.2) is 0 Å². The average Bonchev–Trinajstić information content (AvgIpc) is 3.16. The van der Waals surface area contributed by atoms with Gasteiger partial charge in [0.25, 0.3) is 0 Å². The molecule has 2 unspecified atom stereocenters. The lowest BCUT2D eigenvalue weighted by molar-refractivity contribution is 0.321. The van der Waals surface area contributed by atoms with E-state index in [9.17, 15) is 0 Å². The minimum Gasteiger partial charge on any atom is -0.368 e. The molecule has 0 amide bonds. The average molecular weight is 247 g/mol. The Bertz CT molecular complexity index is 443. The number of piperidine rings is 1. The zero-order valence-corrected chi connectivity index (χ0v) is 11.1. The first-order valence-electron chi connectivity index (χ1n) is 6.90. The summed E-state index contributed by atoms with van der Waals surface area (Å²) >= 11 is 0. The van der Waals surface area contributed by atoms with E-state index in [4.69, 9.17) is 5.73 Å². The van der Waals surface area contributed by atoms with Crippen LogP contribution in [0.5, 0.6) is 0 Å². The number of aromatic nitrogens is 3. The predicted octanol–water partition coefficient (Wildman–Crippen LogP) is 1.81. The van der Waals surface area contributed by atoms with Crippen molar-refractivity contribution in [1.82, 2.24) is 15.0 Å². The number of anilines is 2. The van der Waals surface area contributed by atoms with Gasteiger partial charge in [-0.25, -0.2) is 0 Å². The Kier molecular flexibility index (Phi) is 2.84. The van der Waals surface area contributed by atoms with Crippen LogP contribution in [0.3, 0.4) is 0 Å². The molecule has 18 heavy (non-hydrogen) atoms. The van der Waals surface area contributed by atoms with Crippen LogP contribution in [-0.2, 0) is 0 Å². The van der Waals surface area contributed by atoms with Gasteiger partial charge in [0, 0.05) is 19.0 Å². The van der Waals surface area contributed by atoms with Gasteiger partial charge in [-0.15, -0.1) is 0 Å². The highest BCUT2D eigenvalue weighted by Crippen LogP contribution is 2.38. The zero-order valence-electron chi connectivity index (χ0n) is 11.1. The smallest absolute Gasteiger partial charge is 0.230 e. The molecule has 2 N–H and O–H groups in total. The third-order valence-electron chi connectivity index (χ3n) is 4.22. The number of hydrogen-bond donors (Lipinski definition) is 1. The van der Waals surface area contributed by atoms with Crippen molar-refractivity contribution in [2.45, 2.75) is 39.0 Å². The van der Waals surface area contributed by atoms with Gasteiger partial charge in [0.05, 0.1) is 0 Å². The Labute approximate surface area is 108 Å². The van der Waals surface area contributed by atoms with Crippen LogP contribution in [0.1, 0.15) is 44.9 Å². The quantitative estimate of drug-likeness (QED) is 0.863. The monoisotopic (exact) mass is 247 g/mol. The normalized spacial score (nSPS) is 28.4. The molecule has 5 heteroatoms. The van der Waals surface area contributed by atoms with E-state index in [1.807, 2.05) is 0 Å². The summed E-state index contributed by atoms with van der Waals surface area (Å²) in [5.41, 5.74) is 5.80. The number of rotatable bonds is 2. The van der Waals surface area contributed by atoms with Crippen LogP contribution >= 0.6 is 0 Å². The lowest BCUT2D eigenvalue weighted by atomic mass is 9.89. The Morgan fingerprint density at radius 2 is 1.83 bits per heavy atom. The number of nitrogens with zero attached hydrogens (tertiary/aromatic N) is 4. The third kappa shape index (κ3) is 2.26. The first kappa shape index (κ1) is 11.7. The summed E-state index contributed by atoms with van der Waals surface area (Å²) in [6.07, 6.45) is 3.58. The van der Waals surface area contributed by atoms with Crippen LogP contribution in [-0.4, -0.2) is 28.0 Å². The minimum atomic E-state index is 0.369. The topological polar surface area (TPSA) is 67.9 Å². The van der Waals surface area contributed by atoms with E-state index in [-0.39, 0.29) is 0 Å². The second-order valence-corrected chi connectivity index (χ2v) is 5.82. The maximum atomic E-state index is 5.80. The molecular formula is C13H21N5. The van der Waals surface area contributed by atoms with E-state index in [0.717, 1.165) is 30.8 Å². The first-order chi connectivity index (χ1) is 8.63. The third-order valence-corrected chi connectivity index (χ3v) is 4.22. The van der Waals surface area contributed by atoms with Crippen molar-refractivity contribution < 1.29 is 0 Å². The van der Waals surface area contributed by atoms with Gasteiger partial charge in [0.15, 0.2) is 0 Å².